The van der Waals surface area contributed by atoms with Gasteiger partial charge in [-0.2, -0.15) is 11.8 Å². The standard InChI is InChI=1S/C12H22N2O2S/c1-8(2)5-10-12(16)14(6-9(3)17-4)7-11(15)13-10/h8-10H,5-7H2,1-4H3,(H,13,15). The summed E-state index contributed by atoms with van der Waals surface area (Å²) < 4.78 is 0. The molecule has 2 unspecified atom stereocenters. The molecule has 0 aromatic heterocycles. The molecule has 4 nitrogen and oxygen atoms in total. The molecule has 1 aliphatic heterocycles. The van der Waals surface area contributed by atoms with Crippen LogP contribution in [-0.4, -0.2) is 47.4 Å². The normalized spacial score (nSPS) is 22.9. The number of carbonyl (C=O) groups excluding carboxylic acids is 2. The number of thioether (sulfide) groups is 1. The van der Waals surface area contributed by atoms with Crippen LogP contribution in [0.25, 0.3) is 0 Å². The van der Waals surface area contributed by atoms with E-state index >= 15 is 0 Å². The molecule has 0 aromatic carbocycles. The van der Waals surface area contributed by atoms with Crippen molar-refractivity contribution in [2.45, 2.75) is 38.5 Å². The molecule has 1 N–H and O–H groups in total. The fourth-order valence-electron chi connectivity index (χ4n) is 1.94. The van der Waals surface area contributed by atoms with Gasteiger partial charge >= 0.3 is 0 Å². The van der Waals surface area contributed by atoms with Crippen LogP contribution in [0, 0.1) is 5.92 Å². The minimum Gasteiger partial charge on any atom is -0.343 e. The fraction of sp³-hybridized carbons (Fsp3) is 0.833. The molecule has 0 radical (unpaired) electrons. The first-order valence-corrected chi connectivity index (χ1v) is 7.33. The second-order valence-corrected chi connectivity index (χ2v) is 6.29. The Morgan fingerprint density at radius 1 is 1.41 bits per heavy atom. The summed E-state index contributed by atoms with van der Waals surface area (Å²) in [6.07, 6.45) is 2.74. The first kappa shape index (κ1) is 14.4. The summed E-state index contributed by atoms with van der Waals surface area (Å²) in [4.78, 5) is 25.4. The number of hydrogen-bond acceptors (Lipinski definition) is 3. The number of rotatable bonds is 5. The van der Waals surface area contributed by atoms with Crippen LogP contribution in [0.4, 0.5) is 0 Å². The highest BCUT2D eigenvalue weighted by Crippen LogP contribution is 2.14. The molecule has 1 rings (SSSR count). The van der Waals surface area contributed by atoms with Crippen molar-refractivity contribution in [2.75, 3.05) is 19.3 Å². The Morgan fingerprint density at radius 3 is 2.59 bits per heavy atom. The smallest absolute Gasteiger partial charge is 0.245 e. The van der Waals surface area contributed by atoms with Gasteiger partial charge in [-0.25, -0.2) is 0 Å². The van der Waals surface area contributed by atoms with Crippen molar-refractivity contribution >= 4 is 23.6 Å². The van der Waals surface area contributed by atoms with Gasteiger partial charge in [0.2, 0.25) is 11.8 Å². The van der Waals surface area contributed by atoms with Crippen LogP contribution in [0.5, 0.6) is 0 Å². The topological polar surface area (TPSA) is 49.4 Å². The Bertz CT molecular complexity index is 294. The summed E-state index contributed by atoms with van der Waals surface area (Å²) in [6.45, 7) is 7.05. The van der Waals surface area contributed by atoms with E-state index in [9.17, 15) is 9.59 Å². The summed E-state index contributed by atoms with van der Waals surface area (Å²) in [6, 6.07) is -0.328. The zero-order valence-corrected chi connectivity index (χ0v) is 11.8. The average molecular weight is 258 g/mol. The molecule has 2 atom stereocenters. The van der Waals surface area contributed by atoms with Crippen molar-refractivity contribution in [3.8, 4) is 0 Å². The maximum atomic E-state index is 12.2. The number of nitrogens with zero attached hydrogens (tertiary/aromatic N) is 1. The van der Waals surface area contributed by atoms with Crippen molar-refractivity contribution < 1.29 is 9.59 Å². The molecule has 1 heterocycles. The van der Waals surface area contributed by atoms with E-state index in [2.05, 4.69) is 26.1 Å². The molecule has 1 fully saturated rings. The highest BCUT2D eigenvalue weighted by molar-refractivity contribution is 7.99. The molecule has 1 aliphatic rings. The van der Waals surface area contributed by atoms with Crippen molar-refractivity contribution in [3.63, 3.8) is 0 Å². The minimum atomic E-state index is -0.328. The lowest BCUT2D eigenvalue weighted by molar-refractivity contribution is -0.144. The van der Waals surface area contributed by atoms with Gasteiger partial charge in [0, 0.05) is 11.8 Å². The van der Waals surface area contributed by atoms with Crippen molar-refractivity contribution in [3.05, 3.63) is 0 Å². The molecule has 2 amide bonds. The molecule has 5 heteroatoms. The second kappa shape index (κ2) is 6.28. The van der Waals surface area contributed by atoms with Crippen molar-refractivity contribution in [2.24, 2.45) is 5.92 Å². The van der Waals surface area contributed by atoms with Crippen LogP contribution in [-0.2, 0) is 9.59 Å². The number of amides is 2. The monoisotopic (exact) mass is 258 g/mol. The van der Waals surface area contributed by atoms with Gasteiger partial charge in [0.05, 0.1) is 6.54 Å². The van der Waals surface area contributed by atoms with Crippen LogP contribution < -0.4 is 5.32 Å². The fourth-order valence-corrected chi connectivity index (χ4v) is 2.27. The quantitative estimate of drug-likeness (QED) is 0.803. The second-order valence-electron chi connectivity index (χ2n) is 5.01. The van der Waals surface area contributed by atoms with Crippen LogP contribution in [0.3, 0.4) is 0 Å². The largest absolute Gasteiger partial charge is 0.343 e. The number of hydrogen-bond donors (Lipinski definition) is 1. The molecule has 0 aliphatic carbocycles. The molecule has 0 saturated carbocycles. The van der Waals surface area contributed by atoms with Gasteiger partial charge in [-0.15, -0.1) is 0 Å². The SMILES string of the molecule is CSC(C)CN1CC(=O)NC(CC(C)C)C1=O. The van der Waals surface area contributed by atoms with Crippen LogP contribution >= 0.6 is 11.8 Å². The summed E-state index contributed by atoms with van der Waals surface area (Å²) >= 11 is 1.71. The first-order valence-electron chi connectivity index (χ1n) is 6.05. The Morgan fingerprint density at radius 2 is 2.06 bits per heavy atom. The predicted molar refractivity (Wildman–Crippen MR) is 70.9 cm³/mol. The van der Waals surface area contributed by atoms with E-state index in [4.69, 9.17) is 0 Å². The first-order chi connectivity index (χ1) is 7.93. The number of carbonyl (C=O) groups is 2. The Hall–Kier alpha value is -0.710. The molecule has 98 valence electrons. The van der Waals surface area contributed by atoms with Gasteiger partial charge in [0.15, 0.2) is 0 Å². The maximum absolute atomic E-state index is 12.2. The summed E-state index contributed by atoms with van der Waals surface area (Å²) in [5.74, 6) is 0.435. The maximum Gasteiger partial charge on any atom is 0.245 e. The van der Waals surface area contributed by atoms with Crippen LogP contribution in [0.15, 0.2) is 0 Å². The Labute approximate surface area is 108 Å². The summed E-state index contributed by atoms with van der Waals surface area (Å²) in [7, 11) is 0. The third-order valence-electron chi connectivity index (χ3n) is 2.87. The lowest BCUT2D eigenvalue weighted by Crippen LogP contribution is -2.59. The van der Waals surface area contributed by atoms with Gasteiger partial charge in [0.1, 0.15) is 6.04 Å². The van der Waals surface area contributed by atoms with E-state index in [-0.39, 0.29) is 24.4 Å². The highest BCUT2D eigenvalue weighted by atomic mass is 32.2. The van der Waals surface area contributed by atoms with Crippen LogP contribution in [0.1, 0.15) is 27.2 Å². The van der Waals surface area contributed by atoms with E-state index in [1.165, 1.54) is 0 Å². The number of piperazine rings is 1. The molecular weight excluding hydrogens is 236 g/mol. The molecular formula is C12H22N2O2S. The summed E-state index contributed by atoms with van der Waals surface area (Å²) in [5, 5.41) is 3.15. The summed E-state index contributed by atoms with van der Waals surface area (Å²) in [5.41, 5.74) is 0. The van der Waals surface area contributed by atoms with E-state index in [1.54, 1.807) is 16.7 Å². The van der Waals surface area contributed by atoms with Crippen molar-refractivity contribution in [1.82, 2.24) is 10.2 Å². The van der Waals surface area contributed by atoms with Gasteiger partial charge in [-0.05, 0) is 18.6 Å². The molecule has 0 bridgehead atoms. The number of nitrogens with one attached hydrogen (secondary N) is 1. The third kappa shape index (κ3) is 4.22. The Kier molecular flexibility index (Phi) is 5.31. The lowest BCUT2D eigenvalue weighted by atomic mass is 10.0. The van der Waals surface area contributed by atoms with E-state index in [0.717, 1.165) is 0 Å². The molecule has 17 heavy (non-hydrogen) atoms. The van der Waals surface area contributed by atoms with Gasteiger partial charge in [-0.1, -0.05) is 20.8 Å². The predicted octanol–water partition coefficient (Wildman–Crippen LogP) is 1.11. The molecule has 1 saturated heterocycles. The molecule has 0 spiro atoms. The zero-order chi connectivity index (χ0) is 13.0. The Balaban J connectivity index is 2.65. The highest BCUT2D eigenvalue weighted by Gasteiger charge is 2.33. The van der Waals surface area contributed by atoms with E-state index < -0.39 is 0 Å². The zero-order valence-electron chi connectivity index (χ0n) is 11.0. The van der Waals surface area contributed by atoms with Gasteiger partial charge in [0.25, 0.3) is 0 Å². The van der Waals surface area contributed by atoms with E-state index in [1.807, 2.05) is 6.26 Å². The van der Waals surface area contributed by atoms with Crippen LogP contribution in [0.2, 0.25) is 0 Å². The average Bonchev–Trinajstić information content (AvgIpc) is 2.23. The molecule has 0 aromatic rings. The van der Waals surface area contributed by atoms with Gasteiger partial charge in [-0.3, -0.25) is 9.59 Å². The lowest BCUT2D eigenvalue weighted by Gasteiger charge is -2.34. The van der Waals surface area contributed by atoms with Crippen molar-refractivity contribution in [1.29, 1.82) is 0 Å². The minimum absolute atomic E-state index is 0.0384. The van der Waals surface area contributed by atoms with E-state index in [0.29, 0.717) is 24.1 Å². The van der Waals surface area contributed by atoms with Gasteiger partial charge < -0.3 is 10.2 Å². The third-order valence-corrected chi connectivity index (χ3v) is 3.82.